The van der Waals surface area contributed by atoms with Gasteiger partial charge in [-0.05, 0) is 43.7 Å². The van der Waals surface area contributed by atoms with E-state index in [2.05, 4.69) is 0 Å². The third-order valence-corrected chi connectivity index (χ3v) is 6.10. The summed E-state index contributed by atoms with van der Waals surface area (Å²) in [6, 6.07) is 19.1. The lowest BCUT2D eigenvalue weighted by Crippen LogP contribution is -2.44. The number of furan rings is 1. The summed E-state index contributed by atoms with van der Waals surface area (Å²) < 4.78 is 13.6. The summed E-state index contributed by atoms with van der Waals surface area (Å²) in [4.78, 5) is 24.1. The van der Waals surface area contributed by atoms with Gasteiger partial charge < -0.3 is 19.3 Å². The minimum absolute atomic E-state index is 0.0647. The second-order valence-corrected chi connectivity index (χ2v) is 8.52. The zero-order valence-electron chi connectivity index (χ0n) is 19.1. The Hall–Kier alpha value is -4.26. The Kier molecular flexibility index (Phi) is 5.24. The van der Waals surface area contributed by atoms with Crippen molar-refractivity contribution in [2.45, 2.75) is 26.4 Å². The minimum Gasteiger partial charge on any atom is -0.496 e. The molecule has 7 nitrogen and oxygen atoms in total. The van der Waals surface area contributed by atoms with Gasteiger partial charge in [-0.25, -0.2) is 4.79 Å². The van der Waals surface area contributed by atoms with Gasteiger partial charge in [0.25, 0.3) is 0 Å². The number of benzene rings is 2. The van der Waals surface area contributed by atoms with Crippen LogP contribution in [-0.2, 0) is 6.54 Å². The Bertz CT molecular complexity index is 1450. The molecule has 3 heterocycles. The Balaban J connectivity index is 1.67. The predicted octanol–water partition coefficient (Wildman–Crippen LogP) is 5.01. The van der Waals surface area contributed by atoms with E-state index >= 15 is 0 Å². The molecule has 0 radical (unpaired) electrons. The predicted molar refractivity (Wildman–Crippen MR) is 130 cm³/mol. The van der Waals surface area contributed by atoms with Crippen molar-refractivity contribution in [3.63, 3.8) is 0 Å². The number of carbonyl (C=O) groups is 1. The van der Waals surface area contributed by atoms with E-state index in [0.717, 1.165) is 28.0 Å². The highest BCUT2D eigenvalue weighted by atomic mass is 16.5. The van der Waals surface area contributed by atoms with Gasteiger partial charge in [-0.3, -0.25) is 9.47 Å². The molecular formula is C27H24N2O5. The number of aromatic carboxylic acids is 1. The average Bonchev–Trinajstić information content (AvgIpc) is 3.33. The Morgan fingerprint density at radius 1 is 1.03 bits per heavy atom. The summed E-state index contributed by atoms with van der Waals surface area (Å²) in [5.74, 6) is 0.804. The van der Waals surface area contributed by atoms with Gasteiger partial charge in [-0.15, -0.1) is 0 Å². The molecular weight excluding hydrogens is 432 g/mol. The number of ether oxygens (including phenoxy) is 1. The van der Waals surface area contributed by atoms with Gasteiger partial charge >= 0.3 is 5.97 Å². The molecule has 0 saturated heterocycles. The van der Waals surface area contributed by atoms with Crippen LogP contribution in [0.25, 0.3) is 33.9 Å². The standard InChI is InChI=1S/C27H24N2O5/c1-16(2)28-14-18-11-20(25-10-9-24(34-25)17-7-5-4-6-8-17)26(33-3)12-19(18)22-13-23(30)21(27(31)32)15-29(22)28/h4-13,15-16H,14H2,1-3H3,(H,31,32). The number of fused-ring (bicyclic) bond motifs is 3. The number of aromatic nitrogens is 1. The van der Waals surface area contributed by atoms with Crippen LogP contribution >= 0.6 is 0 Å². The van der Waals surface area contributed by atoms with Gasteiger partial charge in [0.05, 0.1) is 24.9 Å². The Morgan fingerprint density at radius 2 is 1.76 bits per heavy atom. The number of carboxylic acids is 1. The first-order chi connectivity index (χ1) is 16.4. The summed E-state index contributed by atoms with van der Waals surface area (Å²) in [6.07, 6.45) is 1.40. The number of carboxylic acid groups (broad SMARTS) is 1. The quantitative estimate of drug-likeness (QED) is 0.455. The maximum atomic E-state index is 12.5. The zero-order valence-corrected chi connectivity index (χ0v) is 19.1. The summed E-state index contributed by atoms with van der Waals surface area (Å²) in [7, 11) is 1.59. The molecule has 34 heavy (non-hydrogen) atoms. The summed E-state index contributed by atoms with van der Waals surface area (Å²) in [5, 5.41) is 11.5. The summed E-state index contributed by atoms with van der Waals surface area (Å²) in [6.45, 7) is 4.58. The Labute approximate surface area is 196 Å². The van der Waals surface area contributed by atoms with Crippen molar-refractivity contribution in [2.24, 2.45) is 0 Å². The van der Waals surface area contributed by atoms with Crippen LogP contribution in [0.15, 0.2) is 76.1 Å². The fourth-order valence-electron chi connectivity index (χ4n) is 4.38. The maximum absolute atomic E-state index is 12.5. The van der Waals surface area contributed by atoms with Crippen molar-refractivity contribution in [1.82, 2.24) is 4.68 Å². The molecule has 0 aliphatic carbocycles. The molecule has 2 aromatic carbocycles. The normalized spacial score (nSPS) is 12.4. The molecule has 172 valence electrons. The number of hydrogen-bond donors (Lipinski definition) is 1. The van der Waals surface area contributed by atoms with Crippen LogP contribution in [0.2, 0.25) is 0 Å². The Morgan fingerprint density at radius 3 is 2.44 bits per heavy atom. The summed E-state index contributed by atoms with van der Waals surface area (Å²) in [5.41, 5.74) is 3.44. The van der Waals surface area contributed by atoms with Crippen LogP contribution in [0.1, 0.15) is 29.8 Å². The molecule has 1 aliphatic heterocycles. The van der Waals surface area contributed by atoms with Crippen LogP contribution < -0.4 is 15.2 Å². The third kappa shape index (κ3) is 3.55. The average molecular weight is 456 g/mol. The second-order valence-electron chi connectivity index (χ2n) is 8.52. The maximum Gasteiger partial charge on any atom is 0.341 e. The molecule has 0 bridgehead atoms. The van der Waals surface area contributed by atoms with Crippen LogP contribution in [0, 0.1) is 0 Å². The largest absolute Gasteiger partial charge is 0.496 e. The third-order valence-electron chi connectivity index (χ3n) is 6.10. The monoisotopic (exact) mass is 456 g/mol. The lowest BCUT2D eigenvalue weighted by molar-refractivity contribution is 0.0694. The van der Waals surface area contributed by atoms with E-state index in [0.29, 0.717) is 23.7 Å². The van der Waals surface area contributed by atoms with Gasteiger partial charge in [0.15, 0.2) is 5.43 Å². The van der Waals surface area contributed by atoms with E-state index in [4.69, 9.17) is 9.15 Å². The number of nitrogens with zero attached hydrogens (tertiary/aromatic N) is 2. The van der Waals surface area contributed by atoms with Crippen molar-refractivity contribution in [3.05, 3.63) is 88.2 Å². The van der Waals surface area contributed by atoms with Gasteiger partial charge in [-0.2, -0.15) is 0 Å². The van der Waals surface area contributed by atoms with Crippen LogP contribution in [0.3, 0.4) is 0 Å². The second kappa shape index (κ2) is 8.26. The van der Waals surface area contributed by atoms with E-state index in [1.807, 2.05) is 73.5 Å². The first kappa shape index (κ1) is 21.6. The van der Waals surface area contributed by atoms with Gasteiger partial charge in [0.2, 0.25) is 0 Å². The molecule has 7 heteroatoms. The van der Waals surface area contributed by atoms with Crippen LogP contribution in [0.5, 0.6) is 5.75 Å². The molecule has 2 aromatic heterocycles. The first-order valence-electron chi connectivity index (χ1n) is 11.0. The molecule has 0 atom stereocenters. The SMILES string of the molecule is COc1cc2c(cc1-c1ccc(-c3ccccc3)o1)CN(C(C)C)n1cc(C(=O)O)c(=O)cc1-2. The topological polar surface area (TPSA) is 84.9 Å². The minimum atomic E-state index is -1.24. The van der Waals surface area contributed by atoms with Crippen LogP contribution in [-0.4, -0.2) is 28.9 Å². The van der Waals surface area contributed by atoms with Crippen LogP contribution in [0.4, 0.5) is 0 Å². The number of methoxy groups -OCH3 is 1. The van der Waals surface area contributed by atoms with E-state index in [1.54, 1.807) is 11.8 Å². The highest BCUT2D eigenvalue weighted by molar-refractivity contribution is 5.88. The molecule has 0 unspecified atom stereocenters. The molecule has 5 rings (SSSR count). The fourth-order valence-corrected chi connectivity index (χ4v) is 4.38. The molecule has 1 N–H and O–H groups in total. The van der Waals surface area contributed by atoms with Crippen molar-refractivity contribution in [2.75, 3.05) is 12.1 Å². The van der Waals surface area contributed by atoms with E-state index in [9.17, 15) is 14.7 Å². The van der Waals surface area contributed by atoms with E-state index < -0.39 is 11.4 Å². The van der Waals surface area contributed by atoms with Gasteiger partial charge in [-0.1, -0.05) is 30.3 Å². The first-order valence-corrected chi connectivity index (χ1v) is 11.0. The molecule has 0 saturated carbocycles. The zero-order chi connectivity index (χ0) is 24.0. The van der Waals surface area contributed by atoms with Gasteiger partial charge in [0, 0.05) is 29.4 Å². The lowest BCUT2D eigenvalue weighted by Gasteiger charge is -2.38. The molecule has 0 spiro atoms. The number of pyridine rings is 1. The van der Waals surface area contributed by atoms with Crippen molar-refractivity contribution in [3.8, 4) is 39.7 Å². The van der Waals surface area contributed by atoms with Gasteiger partial charge in [0.1, 0.15) is 22.8 Å². The lowest BCUT2D eigenvalue weighted by atomic mass is 9.96. The van der Waals surface area contributed by atoms with E-state index in [-0.39, 0.29) is 11.6 Å². The van der Waals surface area contributed by atoms with Crippen molar-refractivity contribution in [1.29, 1.82) is 0 Å². The highest BCUT2D eigenvalue weighted by Gasteiger charge is 2.27. The summed E-state index contributed by atoms with van der Waals surface area (Å²) >= 11 is 0. The smallest absolute Gasteiger partial charge is 0.341 e. The fraction of sp³-hybridized carbons (Fsp3) is 0.185. The van der Waals surface area contributed by atoms with E-state index in [1.165, 1.54) is 12.3 Å². The molecule has 1 aliphatic rings. The van der Waals surface area contributed by atoms with Crippen molar-refractivity contribution >= 4 is 5.97 Å². The molecule has 4 aromatic rings. The number of hydrogen-bond acceptors (Lipinski definition) is 5. The molecule has 0 amide bonds. The molecule has 0 fully saturated rings. The van der Waals surface area contributed by atoms with Crippen molar-refractivity contribution < 1.29 is 19.1 Å². The number of rotatable bonds is 5. The highest BCUT2D eigenvalue weighted by Crippen LogP contribution is 2.41.